The molecule has 1 aliphatic heterocycles. The van der Waals surface area contributed by atoms with Gasteiger partial charge in [0.25, 0.3) is 0 Å². The first-order valence-electron chi connectivity index (χ1n) is 8.87. The average Bonchev–Trinajstić information content (AvgIpc) is 3.03. The van der Waals surface area contributed by atoms with Crippen LogP contribution in [0.1, 0.15) is 19.4 Å². The predicted molar refractivity (Wildman–Crippen MR) is 105 cm³/mol. The molecule has 0 N–H and O–H groups in total. The lowest BCUT2D eigenvalue weighted by Crippen LogP contribution is -2.24. The molecule has 0 fully saturated rings. The number of aromatic nitrogens is 1. The standard InChI is InChI=1S/C22H23N3/c1-17(2)15-18-13-14-23-22-21(18)24(19-9-5-3-6-10-19)16-25(22)20-11-7-4-8-12-20/h3-14,17H,15-16H2,1-2H3. The van der Waals surface area contributed by atoms with Crippen molar-refractivity contribution in [3.8, 4) is 0 Å². The summed E-state index contributed by atoms with van der Waals surface area (Å²) in [4.78, 5) is 9.42. The van der Waals surface area contributed by atoms with Gasteiger partial charge in [0.15, 0.2) is 5.82 Å². The van der Waals surface area contributed by atoms with Crippen LogP contribution in [0.15, 0.2) is 72.9 Å². The summed E-state index contributed by atoms with van der Waals surface area (Å²) >= 11 is 0. The summed E-state index contributed by atoms with van der Waals surface area (Å²) in [7, 11) is 0. The zero-order chi connectivity index (χ0) is 17.2. The quantitative estimate of drug-likeness (QED) is 0.627. The Morgan fingerprint density at radius 3 is 2.04 bits per heavy atom. The van der Waals surface area contributed by atoms with Crippen LogP contribution in [-0.4, -0.2) is 11.7 Å². The highest BCUT2D eigenvalue weighted by Crippen LogP contribution is 2.45. The Balaban J connectivity index is 1.85. The number of rotatable bonds is 4. The van der Waals surface area contributed by atoms with Gasteiger partial charge in [-0.15, -0.1) is 0 Å². The molecule has 0 amide bonds. The van der Waals surface area contributed by atoms with Gasteiger partial charge in [-0.25, -0.2) is 4.98 Å². The minimum Gasteiger partial charge on any atom is -0.319 e. The number of para-hydroxylation sites is 2. The van der Waals surface area contributed by atoms with E-state index in [4.69, 9.17) is 4.98 Å². The third-order valence-electron chi connectivity index (χ3n) is 4.56. The molecule has 0 atom stereocenters. The summed E-state index contributed by atoms with van der Waals surface area (Å²) in [6.45, 7) is 5.32. The SMILES string of the molecule is CC(C)Cc1ccnc2c1N(c1ccccc1)CN2c1ccccc1. The van der Waals surface area contributed by atoms with Crippen molar-refractivity contribution in [1.82, 2.24) is 4.98 Å². The van der Waals surface area contributed by atoms with Gasteiger partial charge in [-0.3, -0.25) is 0 Å². The van der Waals surface area contributed by atoms with E-state index in [2.05, 4.69) is 90.4 Å². The second-order valence-electron chi connectivity index (χ2n) is 6.91. The largest absolute Gasteiger partial charge is 0.319 e. The van der Waals surface area contributed by atoms with Crippen molar-refractivity contribution >= 4 is 22.9 Å². The molecule has 126 valence electrons. The molecule has 4 rings (SSSR count). The normalized spacial score (nSPS) is 13.4. The van der Waals surface area contributed by atoms with Crippen LogP contribution >= 0.6 is 0 Å². The molecule has 3 nitrogen and oxygen atoms in total. The van der Waals surface area contributed by atoms with E-state index < -0.39 is 0 Å². The van der Waals surface area contributed by atoms with Crippen molar-refractivity contribution in [2.45, 2.75) is 20.3 Å². The molecule has 2 heterocycles. The van der Waals surface area contributed by atoms with Crippen LogP contribution in [0, 0.1) is 5.92 Å². The molecule has 1 aliphatic rings. The monoisotopic (exact) mass is 329 g/mol. The van der Waals surface area contributed by atoms with Crippen LogP contribution in [0.25, 0.3) is 0 Å². The van der Waals surface area contributed by atoms with Gasteiger partial charge in [-0.05, 0) is 48.2 Å². The lowest BCUT2D eigenvalue weighted by Gasteiger charge is -2.22. The van der Waals surface area contributed by atoms with Gasteiger partial charge in [0, 0.05) is 17.6 Å². The predicted octanol–water partition coefficient (Wildman–Crippen LogP) is 5.53. The van der Waals surface area contributed by atoms with Gasteiger partial charge in [0.05, 0.1) is 5.69 Å². The molecular formula is C22H23N3. The molecular weight excluding hydrogens is 306 g/mol. The highest BCUT2D eigenvalue weighted by atomic mass is 15.4. The minimum absolute atomic E-state index is 0.606. The van der Waals surface area contributed by atoms with Gasteiger partial charge in [0.2, 0.25) is 0 Å². The summed E-state index contributed by atoms with van der Waals surface area (Å²) in [5, 5.41) is 0. The van der Waals surface area contributed by atoms with Gasteiger partial charge in [-0.1, -0.05) is 50.2 Å². The fraction of sp³-hybridized carbons (Fsp3) is 0.227. The molecule has 25 heavy (non-hydrogen) atoms. The molecule has 0 radical (unpaired) electrons. The van der Waals surface area contributed by atoms with Crippen molar-refractivity contribution < 1.29 is 0 Å². The van der Waals surface area contributed by atoms with E-state index in [1.54, 1.807) is 0 Å². The van der Waals surface area contributed by atoms with Crippen molar-refractivity contribution in [2.24, 2.45) is 5.92 Å². The van der Waals surface area contributed by atoms with Crippen molar-refractivity contribution in [2.75, 3.05) is 16.5 Å². The highest BCUT2D eigenvalue weighted by Gasteiger charge is 2.31. The first kappa shape index (κ1) is 15.7. The van der Waals surface area contributed by atoms with Crippen LogP contribution in [0.5, 0.6) is 0 Å². The average molecular weight is 329 g/mol. The van der Waals surface area contributed by atoms with Crippen LogP contribution in [0.3, 0.4) is 0 Å². The molecule has 0 bridgehead atoms. The minimum atomic E-state index is 0.606. The van der Waals surface area contributed by atoms with Crippen molar-refractivity contribution in [1.29, 1.82) is 0 Å². The molecule has 0 unspecified atom stereocenters. The molecule has 1 aromatic heterocycles. The number of hydrogen-bond donors (Lipinski definition) is 0. The Bertz CT molecular complexity index is 844. The maximum atomic E-state index is 4.75. The van der Waals surface area contributed by atoms with E-state index in [1.807, 2.05) is 6.20 Å². The topological polar surface area (TPSA) is 19.4 Å². The third kappa shape index (κ3) is 2.98. The van der Waals surface area contributed by atoms with E-state index in [0.717, 1.165) is 18.9 Å². The first-order valence-corrected chi connectivity index (χ1v) is 8.87. The second-order valence-corrected chi connectivity index (χ2v) is 6.91. The van der Waals surface area contributed by atoms with Crippen molar-refractivity contribution in [3.05, 3.63) is 78.5 Å². The Morgan fingerprint density at radius 2 is 1.44 bits per heavy atom. The van der Waals surface area contributed by atoms with E-state index in [1.165, 1.54) is 22.6 Å². The zero-order valence-electron chi connectivity index (χ0n) is 14.8. The number of fused-ring (bicyclic) bond motifs is 1. The molecule has 2 aromatic carbocycles. The van der Waals surface area contributed by atoms with E-state index in [-0.39, 0.29) is 0 Å². The zero-order valence-corrected chi connectivity index (χ0v) is 14.8. The number of anilines is 4. The molecule has 0 aliphatic carbocycles. The van der Waals surface area contributed by atoms with Crippen LogP contribution in [0.2, 0.25) is 0 Å². The Kier molecular flexibility index (Phi) is 4.14. The lowest BCUT2D eigenvalue weighted by molar-refractivity contribution is 0.647. The number of hydrogen-bond acceptors (Lipinski definition) is 3. The second kappa shape index (κ2) is 6.60. The number of nitrogens with zero attached hydrogens (tertiary/aromatic N) is 3. The van der Waals surface area contributed by atoms with E-state index >= 15 is 0 Å². The van der Waals surface area contributed by atoms with Gasteiger partial charge in [0.1, 0.15) is 6.67 Å². The first-order chi connectivity index (χ1) is 12.2. The summed E-state index contributed by atoms with van der Waals surface area (Å²) in [5.74, 6) is 1.66. The van der Waals surface area contributed by atoms with E-state index in [9.17, 15) is 0 Å². The van der Waals surface area contributed by atoms with Crippen LogP contribution in [0.4, 0.5) is 22.9 Å². The Morgan fingerprint density at radius 1 is 0.840 bits per heavy atom. The smallest absolute Gasteiger partial charge is 0.158 e. The highest BCUT2D eigenvalue weighted by molar-refractivity contribution is 5.86. The molecule has 3 aromatic rings. The fourth-order valence-electron chi connectivity index (χ4n) is 3.49. The molecule has 3 heteroatoms. The Hall–Kier alpha value is -2.81. The molecule has 0 spiro atoms. The summed E-state index contributed by atoms with van der Waals surface area (Å²) in [5.41, 5.74) is 4.99. The van der Waals surface area contributed by atoms with Crippen LogP contribution < -0.4 is 9.80 Å². The van der Waals surface area contributed by atoms with E-state index in [0.29, 0.717) is 5.92 Å². The molecule has 0 saturated heterocycles. The van der Waals surface area contributed by atoms with Crippen LogP contribution in [-0.2, 0) is 6.42 Å². The Labute approximate surface area is 149 Å². The number of benzene rings is 2. The third-order valence-corrected chi connectivity index (χ3v) is 4.56. The van der Waals surface area contributed by atoms with Crippen molar-refractivity contribution in [3.63, 3.8) is 0 Å². The lowest BCUT2D eigenvalue weighted by atomic mass is 10.0. The summed E-state index contributed by atoms with van der Waals surface area (Å²) < 4.78 is 0. The maximum absolute atomic E-state index is 4.75. The van der Waals surface area contributed by atoms with Gasteiger partial charge in [-0.2, -0.15) is 0 Å². The summed E-state index contributed by atoms with van der Waals surface area (Å²) in [6, 6.07) is 23.3. The number of pyridine rings is 1. The molecule has 0 saturated carbocycles. The maximum Gasteiger partial charge on any atom is 0.158 e. The van der Waals surface area contributed by atoms with Gasteiger partial charge < -0.3 is 9.80 Å². The van der Waals surface area contributed by atoms with Gasteiger partial charge >= 0.3 is 0 Å². The fourth-order valence-corrected chi connectivity index (χ4v) is 3.49. The summed E-state index contributed by atoms with van der Waals surface area (Å²) in [6.07, 6.45) is 3.00.